The molecule has 6 nitrogen and oxygen atoms in total. The van der Waals surface area contributed by atoms with Gasteiger partial charge in [0.05, 0.1) is 30.3 Å². The van der Waals surface area contributed by atoms with E-state index in [0.29, 0.717) is 13.1 Å². The zero-order valence-electron chi connectivity index (χ0n) is 21.7. The lowest BCUT2D eigenvalue weighted by Gasteiger charge is -2.43. The van der Waals surface area contributed by atoms with Gasteiger partial charge in [-0.2, -0.15) is 0 Å². The molecule has 6 aromatic rings. The van der Waals surface area contributed by atoms with E-state index in [1.54, 1.807) is 0 Å². The van der Waals surface area contributed by atoms with E-state index in [0.717, 1.165) is 56.0 Å². The number of aromatic nitrogens is 2. The largest absolute Gasteiger partial charge is 0.442 e. The molecule has 3 heterocycles. The van der Waals surface area contributed by atoms with Gasteiger partial charge in [-0.25, -0.2) is 15.0 Å². The minimum Gasteiger partial charge on any atom is -0.442 e. The molecule has 2 aliphatic rings. The van der Waals surface area contributed by atoms with Crippen molar-refractivity contribution in [1.82, 2.24) is 9.97 Å². The molecule has 0 saturated heterocycles. The number of aliphatic imine (C=N–C) groups is 1. The van der Waals surface area contributed by atoms with Crippen molar-refractivity contribution in [1.29, 1.82) is 0 Å². The number of hydrogen-bond donors (Lipinski definition) is 0. The molecule has 0 N–H and O–H groups in total. The first-order chi connectivity index (χ1) is 19.8. The summed E-state index contributed by atoms with van der Waals surface area (Å²) in [4.78, 5) is 19.8. The molecule has 0 unspecified atom stereocenters. The number of ether oxygens (including phenoxy) is 1. The molecule has 192 valence electrons. The lowest BCUT2D eigenvalue weighted by Crippen LogP contribution is -2.63. The van der Waals surface area contributed by atoms with Crippen LogP contribution in [0.4, 0.5) is 17.3 Å². The third-order valence-electron chi connectivity index (χ3n) is 7.67. The Morgan fingerprint density at radius 1 is 0.575 bits per heavy atom. The minimum absolute atomic E-state index is 0.571. The van der Waals surface area contributed by atoms with E-state index in [1.807, 2.05) is 60.8 Å². The third-order valence-corrected chi connectivity index (χ3v) is 7.67. The van der Waals surface area contributed by atoms with Crippen LogP contribution in [-0.2, 0) is 13.1 Å². The van der Waals surface area contributed by atoms with Gasteiger partial charge in [-0.3, -0.25) is 9.80 Å². The summed E-state index contributed by atoms with van der Waals surface area (Å²) in [7, 11) is 0. The van der Waals surface area contributed by atoms with E-state index in [4.69, 9.17) is 19.7 Å². The van der Waals surface area contributed by atoms with Crippen molar-refractivity contribution >= 4 is 45.3 Å². The third kappa shape index (κ3) is 3.53. The SMILES string of the molecule is C1=Nc2c(ccc3ccccc23)OC12N(Cc1ccccc1)c1nc3ccccc3nc1N2Cc1ccccc1. The molecule has 0 bridgehead atoms. The van der Waals surface area contributed by atoms with Gasteiger partial charge in [0.1, 0.15) is 5.69 Å². The maximum absolute atomic E-state index is 7.09. The van der Waals surface area contributed by atoms with Crippen LogP contribution in [0.15, 0.2) is 126 Å². The number of rotatable bonds is 4. The Balaban J connectivity index is 1.36. The van der Waals surface area contributed by atoms with Gasteiger partial charge in [0, 0.05) is 5.39 Å². The molecule has 40 heavy (non-hydrogen) atoms. The topological polar surface area (TPSA) is 53.9 Å². The van der Waals surface area contributed by atoms with Crippen LogP contribution in [0.1, 0.15) is 11.1 Å². The van der Waals surface area contributed by atoms with Crippen LogP contribution in [0.25, 0.3) is 21.8 Å². The van der Waals surface area contributed by atoms with Gasteiger partial charge in [-0.15, -0.1) is 0 Å². The molecular weight excluding hydrogens is 494 g/mol. The first-order valence-corrected chi connectivity index (χ1v) is 13.4. The van der Waals surface area contributed by atoms with E-state index in [1.165, 1.54) is 0 Å². The Labute approximate surface area is 231 Å². The summed E-state index contributed by atoms with van der Waals surface area (Å²) in [5.41, 5.74) is 4.81. The van der Waals surface area contributed by atoms with Crippen LogP contribution in [0.3, 0.4) is 0 Å². The van der Waals surface area contributed by atoms with Crippen molar-refractivity contribution in [3.8, 4) is 5.75 Å². The molecule has 8 rings (SSSR count). The highest BCUT2D eigenvalue weighted by molar-refractivity contribution is 6.00. The number of fused-ring (bicyclic) bond motifs is 5. The van der Waals surface area contributed by atoms with Gasteiger partial charge < -0.3 is 4.74 Å². The lowest BCUT2D eigenvalue weighted by molar-refractivity contribution is 0.136. The van der Waals surface area contributed by atoms with Crippen molar-refractivity contribution in [3.63, 3.8) is 0 Å². The number of anilines is 2. The number of benzene rings is 5. The molecule has 0 aliphatic carbocycles. The highest BCUT2D eigenvalue weighted by atomic mass is 16.5. The summed E-state index contributed by atoms with van der Waals surface area (Å²) >= 11 is 0. The van der Waals surface area contributed by atoms with Gasteiger partial charge in [-0.05, 0) is 34.7 Å². The minimum atomic E-state index is -1.07. The second kappa shape index (κ2) is 8.92. The molecule has 0 radical (unpaired) electrons. The van der Waals surface area contributed by atoms with Crippen LogP contribution in [-0.4, -0.2) is 22.0 Å². The smallest absolute Gasteiger partial charge is 0.305 e. The van der Waals surface area contributed by atoms with Gasteiger partial charge in [0.25, 0.3) is 0 Å². The first kappa shape index (κ1) is 22.7. The second-order valence-corrected chi connectivity index (χ2v) is 10.2. The van der Waals surface area contributed by atoms with E-state index in [2.05, 4.69) is 76.5 Å². The molecule has 0 amide bonds. The van der Waals surface area contributed by atoms with Gasteiger partial charge in [0.15, 0.2) is 17.4 Å². The zero-order valence-corrected chi connectivity index (χ0v) is 21.7. The van der Waals surface area contributed by atoms with Crippen molar-refractivity contribution in [2.24, 2.45) is 4.99 Å². The predicted molar refractivity (Wildman–Crippen MR) is 160 cm³/mol. The summed E-state index contributed by atoms with van der Waals surface area (Å²) in [5, 5.41) is 2.19. The summed E-state index contributed by atoms with van der Waals surface area (Å²) < 4.78 is 7.09. The standard InChI is InChI=1S/C34H25N5O/c1-3-11-24(12-4-1)21-38-32-33(37-29-18-10-9-17-28(29)36-32)39(22-25-13-5-2-6-14-25)34(38)23-35-31-27-16-8-7-15-26(27)19-20-30(31)40-34/h1-20,23H,21-22H2. The monoisotopic (exact) mass is 519 g/mol. The fraction of sp³-hybridized carbons (Fsp3) is 0.0882. The normalized spacial score (nSPS) is 14.9. The van der Waals surface area contributed by atoms with Gasteiger partial charge in [-0.1, -0.05) is 103 Å². The highest BCUT2D eigenvalue weighted by Gasteiger charge is 2.55. The van der Waals surface area contributed by atoms with Gasteiger partial charge in [0.2, 0.25) is 0 Å². The highest BCUT2D eigenvalue weighted by Crippen LogP contribution is 2.50. The average molecular weight is 520 g/mol. The first-order valence-electron chi connectivity index (χ1n) is 13.4. The molecule has 6 heteroatoms. The van der Waals surface area contributed by atoms with Crippen LogP contribution in [0, 0.1) is 0 Å². The fourth-order valence-electron chi connectivity index (χ4n) is 5.74. The van der Waals surface area contributed by atoms with Crippen LogP contribution >= 0.6 is 0 Å². The van der Waals surface area contributed by atoms with Gasteiger partial charge >= 0.3 is 5.85 Å². The molecule has 5 aromatic carbocycles. The predicted octanol–water partition coefficient (Wildman–Crippen LogP) is 7.26. The quantitative estimate of drug-likeness (QED) is 0.245. The van der Waals surface area contributed by atoms with E-state index in [-0.39, 0.29) is 0 Å². The lowest BCUT2D eigenvalue weighted by atomic mass is 10.1. The van der Waals surface area contributed by atoms with Crippen LogP contribution in [0.2, 0.25) is 0 Å². The van der Waals surface area contributed by atoms with Crippen molar-refractivity contribution in [2.75, 3.05) is 9.80 Å². The fourth-order valence-corrected chi connectivity index (χ4v) is 5.74. The summed E-state index contributed by atoms with van der Waals surface area (Å²) in [6.45, 7) is 1.14. The average Bonchev–Trinajstić information content (AvgIpc) is 3.23. The van der Waals surface area contributed by atoms with E-state index >= 15 is 0 Å². The molecule has 0 saturated carbocycles. The Kier molecular flexibility index (Phi) is 5.07. The molecular formula is C34H25N5O. The molecule has 0 atom stereocenters. The molecule has 1 aromatic heterocycles. The molecule has 1 spiro atoms. The van der Waals surface area contributed by atoms with Crippen molar-refractivity contribution in [3.05, 3.63) is 132 Å². The summed E-state index contributed by atoms with van der Waals surface area (Å²) in [5.74, 6) is 1.21. The Bertz CT molecular complexity index is 1820. The Morgan fingerprint density at radius 2 is 1.12 bits per heavy atom. The summed E-state index contributed by atoms with van der Waals surface area (Å²) in [6, 6.07) is 41.2. The van der Waals surface area contributed by atoms with Crippen LogP contribution < -0.4 is 14.5 Å². The zero-order chi connectivity index (χ0) is 26.5. The van der Waals surface area contributed by atoms with Crippen molar-refractivity contribution < 1.29 is 4.74 Å². The number of nitrogens with zero attached hydrogens (tertiary/aromatic N) is 5. The maximum atomic E-state index is 7.09. The van der Waals surface area contributed by atoms with Crippen molar-refractivity contribution in [2.45, 2.75) is 18.9 Å². The van der Waals surface area contributed by atoms with Crippen LogP contribution in [0.5, 0.6) is 5.75 Å². The van der Waals surface area contributed by atoms with E-state index in [9.17, 15) is 0 Å². The van der Waals surface area contributed by atoms with E-state index < -0.39 is 5.85 Å². The molecule has 0 fully saturated rings. The number of hydrogen-bond acceptors (Lipinski definition) is 6. The summed E-state index contributed by atoms with van der Waals surface area (Å²) in [6.07, 6.45) is 1.93. The second-order valence-electron chi connectivity index (χ2n) is 10.2. The maximum Gasteiger partial charge on any atom is 0.305 e. The Hall–Kier alpha value is -5.23. The number of para-hydroxylation sites is 2. The molecule has 2 aliphatic heterocycles. The Morgan fingerprint density at radius 3 is 1.75 bits per heavy atom.